The molecule has 0 unspecified atom stereocenters. The predicted molar refractivity (Wildman–Crippen MR) is 67.2 cm³/mol. The summed E-state index contributed by atoms with van der Waals surface area (Å²) in [4.78, 5) is 3.95. The van der Waals surface area contributed by atoms with Crippen molar-refractivity contribution in [2.45, 2.75) is 25.1 Å². The standard InChI is InChI=1S/C13H14F3N3O2/c14-13(15,16)9-3-1-2-8(6-9)7-11-18-12(21-19-11)10(20)4-5-17/h1-3,6,10,20H,4-5,7,17H2/t10-/m0/s1. The Morgan fingerprint density at radius 3 is 2.76 bits per heavy atom. The van der Waals surface area contributed by atoms with E-state index >= 15 is 0 Å². The van der Waals surface area contributed by atoms with Gasteiger partial charge in [0.15, 0.2) is 5.82 Å². The number of aliphatic hydroxyl groups excluding tert-OH is 1. The Balaban J connectivity index is 2.12. The molecule has 0 bridgehead atoms. The molecule has 0 radical (unpaired) electrons. The lowest BCUT2D eigenvalue weighted by Crippen LogP contribution is -2.07. The lowest BCUT2D eigenvalue weighted by Gasteiger charge is -2.07. The van der Waals surface area contributed by atoms with Crippen molar-refractivity contribution in [2.75, 3.05) is 6.54 Å². The van der Waals surface area contributed by atoms with Crippen molar-refractivity contribution in [1.82, 2.24) is 10.1 Å². The molecule has 0 aliphatic heterocycles. The Morgan fingerprint density at radius 1 is 1.33 bits per heavy atom. The highest BCUT2D eigenvalue weighted by molar-refractivity contribution is 5.27. The van der Waals surface area contributed by atoms with Crippen molar-refractivity contribution >= 4 is 0 Å². The maximum atomic E-state index is 12.6. The Labute approximate surface area is 118 Å². The van der Waals surface area contributed by atoms with Crippen LogP contribution in [0, 0.1) is 0 Å². The summed E-state index contributed by atoms with van der Waals surface area (Å²) < 4.78 is 42.7. The van der Waals surface area contributed by atoms with E-state index in [4.69, 9.17) is 10.3 Å². The van der Waals surface area contributed by atoms with E-state index in [2.05, 4.69) is 10.1 Å². The third-order valence-corrected chi connectivity index (χ3v) is 2.83. The number of rotatable bonds is 5. The molecule has 114 valence electrons. The van der Waals surface area contributed by atoms with Gasteiger partial charge in [0.25, 0.3) is 5.89 Å². The van der Waals surface area contributed by atoms with Gasteiger partial charge in [0.1, 0.15) is 6.10 Å². The number of aromatic nitrogens is 2. The van der Waals surface area contributed by atoms with Gasteiger partial charge in [-0.05, 0) is 24.6 Å². The van der Waals surface area contributed by atoms with E-state index < -0.39 is 17.8 Å². The van der Waals surface area contributed by atoms with E-state index in [0.29, 0.717) is 5.56 Å². The molecule has 0 aliphatic rings. The minimum atomic E-state index is -4.39. The van der Waals surface area contributed by atoms with Crippen LogP contribution in [0.1, 0.15) is 35.4 Å². The number of alkyl halides is 3. The van der Waals surface area contributed by atoms with E-state index in [-0.39, 0.29) is 31.1 Å². The quantitative estimate of drug-likeness (QED) is 0.883. The first kappa shape index (κ1) is 15.5. The molecule has 0 spiro atoms. The molecule has 0 amide bonds. The summed E-state index contributed by atoms with van der Waals surface area (Å²) in [6.45, 7) is 0.256. The average molecular weight is 301 g/mol. The van der Waals surface area contributed by atoms with Gasteiger partial charge in [0.2, 0.25) is 0 Å². The highest BCUT2D eigenvalue weighted by Gasteiger charge is 2.30. The van der Waals surface area contributed by atoms with Gasteiger partial charge in [-0.1, -0.05) is 23.4 Å². The molecule has 1 aromatic heterocycles. The monoisotopic (exact) mass is 301 g/mol. The van der Waals surface area contributed by atoms with E-state index in [1.165, 1.54) is 6.07 Å². The van der Waals surface area contributed by atoms with Crippen molar-refractivity contribution in [2.24, 2.45) is 5.73 Å². The van der Waals surface area contributed by atoms with Crippen molar-refractivity contribution in [1.29, 1.82) is 0 Å². The first-order chi connectivity index (χ1) is 9.90. The fourth-order valence-corrected chi connectivity index (χ4v) is 1.80. The second-order valence-corrected chi connectivity index (χ2v) is 4.52. The van der Waals surface area contributed by atoms with Crippen LogP contribution in [0.4, 0.5) is 13.2 Å². The molecule has 0 saturated heterocycles. The molecule has 21 heavy (non-hydrogen) atoms. The van der Waals surface area contributed by atoms with Gasteiger partial charge in [-0.25, -0.2) is 0 Å². The van der Waals surface area contributed by atoms with Crippen LogP contribution in [-0.4, -0.2) is 21.8 Å². The van der Waals surface area contributed by atoms with E-state index in [9.17, 15) is 18.3 Å². The third kappa shape index (κ3) is 4.02. The summed E-state index contributed by atoms with van der Waals surface area (Å²) in [6, 6.07) is 4.90. The number of halogens is 3. The molecule has 0 aliphatic carbocycles. The van der Waals surface area contributed by atoms with Crippen LogP contribution < -0.4 is 5.73 Å². The van der Waals surface area contributed by atoms with Crippen molar-refractivity contribution in [3.8, 4) is 0 Å². The van der Waals surface area contributed by atoms with Gasteiger partial charge in [0.05, 0.1) is 5.56 Å². The summed E-state index contributed by atoms with van der Waals surface area (Å²) >= 11 is 0. The largest absolute Gasteiger partial charge is 0.416 e. The summed E-state index contributed by atoms with van der Waals surface area (Å²) in [7, 11) is 0. The van der Waals surface area contributed by atoms with E-state index in [0.717, 1.165) is 12.1 Å². The molecule has 0 saturated carbocycles. The second kappa shape index (κ2) is 6.23. The summed E-state index contributed by atoms with van der Waals surface area (Å²) in [6.07, 6.45) is -5.00. The van der Waals surface area contributed by atoms with Crippen LogP contribution in [0.25, 0.3) is 0 Å². The van der Waals surface area contributed by atoms with Gasteiger partial charge in [-0.2, -0.15) is 18.2 Å². The summed E-state index contributed by atoms with van der Waals surface area (Å²) in [5.74, 6) is 0.225. The molecule has 1 atom stereocenters. The second-order valence-electron chi connectivity index (χ2n) is 4.52. The predicted octanol–water partition coefficient (Wildman–Crippen LogP) is 2.06. The minimum Gasteiger partial charge on any atom is -0.383 e. The Hall–Kier alpha value is -1.93. The lowest BCUT2D eigenvalue weighted by molar-refractivity contribution is -0.137. The molecule has 2 rings (SSSR count). The zero-order valence-corrected chi connectivity index (χ0v) is 11.0. The van der Waals surface area contributed by atoms with Crippen LogP contribution in [0.2, 0.25) is 0 Å². The van der Waals surface area contributed by atoms with Crippen LogP contribution >= 0.6 is 0 Å². The van der Waals surface area contributed by atoms with E-state index in [1.54, 1.807) is 6.07 Å². The van der Waals surface area contributed by atoms with Gasteiger partial charge >= 0.3 is 6.18 Å². The zero-order chi connectivity index (χ0) is 15.5. The molecule has 8 heteroatoms. The highest BCUT2D eigenvalue weighted by atomic mass is 19.4. The SMILES string of the molecule is NCC[C@H](O)c1nc(Cc2cccc(C(F)(F)F)c2)no1. The molecule has 3 N–H and O–H groups in total. The first-order valence-electron chi connectivity index (χ1n) is 6.27. The van der Waals surface area contributed by atoms with Gasteiger partial charge in [-0.15, -0.1) is 0 Å². The summed E-state index contributed by atoms with van der Waals surface area (Å²) in [5, 5.41) is 13.3. The van der Waals surface area contributed by atoms with Crippen LogP contribution in [0.5, 0.6) is 0 Å². The number of benzene rings is 1. The van der Waals surface area contributed by atoms with E-state index in [1.807, 2.05) is 0 Å². The fraction of sp³-hybridized carbons (Fsp3) is 0.385. The topological polar surface area (TPSA) is 85.2 Å². The molecular formula is C13H14F3N3O2. The molecule has 5 nitrogen and oxygen atoms in total. The zero-order valence-electron chi connectivity index (χ0n) is 11.0. The van der Waals surface area contributed by atoms with Gasteiger partial charge in [0, 0.05) is 6.42 Å². The van der Waals surface area contributed by atoms with Crippen LogP contribution in [0.3, 0.4) is 0 Å². The normalized spacial score (nSPS) is 13.4. The summed E-state index contributed by atoms with van der Waals surface area (Å²) in [5.41, 5.74) is 4.98. The Bertz CT molecular complexity index is 598. The molecule has 2 aromatic rings. The highest BCUT2D eigenvalue weighted by Crippen LogP contribution is 2.29. The molecule has 1 aromatic carbocycles. The Morgan fingerprint density at radius 2 is 2.10 bits per heavy atom. The maximum Gasteiger partial charge on any atom is 0.416 e. The number of hydrogen-bond donors (Lipinski definition) is 2. The number of nitrogens with zero attached hydrogens (tertiary/aromatic N) is 2. The maximum absolute atomic E-state index is 12.6. The van der Waals surface area contributed by atoms with Crippen molar-refractivity contribution in [3.63, 3.8) is 0 Å². The third-order valence-electron chi connectivity index (χ3n) is 2.83. The smallest absolute Gasteiger partial charge is 0.383 e. The number of nitrogens with two attached hydrogens (primary N) is 1. The molecule has 0 fully saturated rings. The Kier molecular flexibility index (Phi) is 4.59. The first-order valence-corrected chi connectivity index (χ1v) is 6.27. The van der Waals surface area contributed by atoms with Crippen molar-refractivity contribution in [3.05, 3.63) is 47.1 Å². The fourth-order valence-electron chi connectivity index (χ4n) is 1.80. The van der Waals surface area contributed by atoms with Crippen molar-refractivity contribution < 1.29 is 22.8 Å². The number of hydrogen-bond acceptors (Lipinski definition) is 5. The average Bonchev–Trinajstić information content (AvgIpc) is 2.87. The lowest BCUT2D eigenvalue weighted by atomic mass is 10.1. The molecule has 1 heterocycles. The van der Waals surface area contributed by atoms with Gasteiger partial charge < -0.3 is 15.4 Å². The molecular weight excluding hydrogens is 287 g/mol. The van der Waals surface area contributed by atoms with Gasteiger partial charge in [-0.3, -0.25) is 0 Å². The number of aliphatic hydroxyl groups is 1. The minimum absolute atomic E-state index is 0.0161. The van der Waals surface area contributed by atoms with Crippen LogP contribution in [-0.2, 0) is 12.6 Å². The van der Waals surface area contributed by atoms with Crippen LogP contribution in [0.15, 0.2) is 28.8 Å².